The number of carbonyl (C=O) groups is 2. The molecule has 0 spiro atoms. The maximum absolute atomic E-state index is 11.8. The summed E-state index contributed by atoms with van der Waals surface area (Å²) in [6.45, 7) is 0.0488. The standard InChI is InChI=1S/C14H12N2O5/c17-13-10(21-9-3-1-6-15-12(9)16-13)5-8-20-14(18)11-4-2-7-19-11/h1-4,6-7,10H,5,8H2,(H,15,16,17)/t10-/m0/s1. The van der Waals surface area contributed by atoms with Gasteiger partial charge in [0.25, 0.3) is 5.91 Å². The summed E-state index contributed by atoms with van der Waals surface area (Å²) >= 11 is 0. The number of hydrogen-bond donors (Lipinski definition) is 1. The Hall–Kier alpha value is -2.83. The summed E-state index contributed by atoms with van der Waals surface area (Å²) in [7, 11) is 0. The van der Waals surface area contributed by atoms with E-state index in [1.807, 2.05) is 0 Å². The highest BCUT2D eigenvalue weighted by molar-refractivity contribution is 5.96. The SMILES string of the molecule is O=C(OCC[C@@H]1Oc2cccnc2NC1=O)c1ccco1. The molecule has 108 valence electrons. The van der Waals surface area contributed by atoms with Crippen LogP contribution in [0.4, 0.5) is 5.82 Å². The van der Waals surface area contributed by atoms with Gasteiger partial charge in [-0.25, -0.2) is 9.78 Å². The lowest BCUT2D eigenvalue weighted by molar-refractivity contribution is -0.124. The smallest absolute Gasteiger partial charge is 0.374 e. The van der Waals surface area contributed by atoms with Crippen LogP contribution in [0.3, 0.4) is 0 Å². The van der Waals surface area contributed by atoms with Crippen LogP contribution < -0.4 is 10.1 Å². The number of anilines is 1. The molecule has 3 rings (SSSR count). The molecule has 0 fully saturated rings. The zero-order valence-corrected chi connectivity index (χ0v) is 10.9. The van der Waals surface area contributed by atoms with Crippen molar-refractivity contribution in [3.8, 4) is 5.75 Å². The second kappa shape index (κ2) is 5.66. The first-order valence-electron chi connectivity index (χ1n) is 6.37. The zero-order chi connectivity index (χ0) is 14.7. The quantitative estimate of drug-likeness (QED) is 0.860. The number of furan rings is 1. The third kappa shape index (κ3) is 2.86. The molecule has 3 heterocycles. The van der Waals surface area contributed by atoms with E-state index >= 15 is 0 Å². The van der Waals surface area contributed by atoms with Gasteiger partial charge in [-0.1, -0.05) is 0 Å². The topological polar surface area (TPSA) is 90.7 Å². The molecule has 1 atom stereocenters. The minimum atomic E-state index is -0.717. The normalized spacial score (nSPS) is 16.6. The van der Waals surface area contributed by atoms with Crippen LogP contribution in [-0.4, -0.2) is 29.6 Å². The third-order valence-electron chi connectivity index (χ3n) is 2.91. The van der Waals surface area contributed by atoms with Crippen LogP contribution in [-0.2, 0) is 9.53 Å². The molecule has 1 aliphatic rings. The first kappa shape index (κ1) is 13.2. The molecule has 2 aromatic rings. The molecule has 0 bridgehead atoms. The lowest BCUT2D eigenvalue weighted by Crippen LogP contribution is -2.38. The lowest BCUT2D eigenvalue weighted by atomic mass is 10.2. The highest BCUT2D eigenvalue weighted by Gasteiger charge is 2.28. The minimum absolute atomic E-state index is 0.0488. The largest absolute Gasteiger partial charge is 0.477 e. The van der Waals surface area contributed by atoms with Gasteiger partial charge in [-0.05, 0) is 24.3 Å². The van der Waals surface area contributed by atoms with E-state index in [1.54, 1.807) is 24.4 Å². The first-order chi connectivity index (χ1) is 10.2. The predicted octanol–water partition coefficient (Wildman–Crippen LogP) is 1.62. The number of ether oxygens (including phenoxy) is 2. The summed E-state index contributed by atoms with van der Waals surface area (Å²) in [4.78, 5) is 27.4. The fraction of sp³-hybridized carbons (Fsp3) is 0.214. The monoisotopic (exact) mass is 288 g/mol. The van der Waals surface area contributed by atoms with Gasteiger partial charge in [-0.3, -0.25) is 4.79 Å². The molecule has 1 aliphatic heterocycles. The van der Waals surface area contributed by atoms with E-state index in [-0.39, 0.29) is 24.7 Å². The molecule has 21 heavy (non-hydrogen) atoms. The number of esters is 1. The summed E-state index contributed by atoms with van der Waals surface area (Å²) in [6, 6.07) is 6.53. The van der Waals surface area contributed by atoms with E-state index in [0.29, 0.717) is 11.6 Å². The van der Waals surface area contributed by atoms with Crippen molar-refractivity contribution in [1.82, 2.24) is 4.98 Å². The first-order valence-corrected chi connectivity index (χ1v) is 6.37. The van der Waals surface area contributed by atoms with Gasteiger partial charge in [0.1, 0.15) is 0 Å². The van der Waals surface area contributed by atoms with Crippen LogP contribution in [0, 0.1) is 0 Å². The number of hydrogen-bond acceptors (Lipinski definition) is 6. The highest BCUT2D eigenvalue weighted by atomic mass is 16.5. The van der Waals surface area contributed by atoms with Gasteiger partial charge in [-0.15, -0.1) is 0 Å². The molecule has 0 aliphatic carbocycles. The summed E-state index contributed by atoms with van der Waals surface area (Å²) < 4.78 is 15.5. The van der Waals surface area contributed by atoms with Crippen molar-refractivity contribution in [3.05, 3.63) is 42.5 Å². The predicted molar refractivity (Wildman–Crippen MR) is 70.9 cm³/mol. The molecule has 0 aromatic carbocycles. The molecule has 0 saturated heterocycles. The summed E-state index contributed by atoms with van der Waals surface area (Å²) in [6.07, 6.45) is 2.48. The Morgan fingerprint density at radius 3 is 3.10 bits per heavy atom. The van der Waals surface area contributed by atoms with Crippen molar-refractivity contribution < 1.29 is 23.5 Å². The van der Waals surface area contributed by atoms with E-state index < -0.39 is 12.1 Å². The number of amides is 1. The number of rotatable bonds is 4. The zero-order valence-electron chi connectivity index (χ0n) is 10.9. The Labute approximate surface area is 119 Å². The number of aromatic nitrogens is 1. The summed E-state index contributed by atoms with van der Waals surface area (Å²) in [5.41, 5.74) is 0. The Morgan fingerprint density at radius 1 is 1.38 bits per heavy atom. The van der Waals surface area contributed by atoms with Crippen molar-refractivity contribution in [2.75, 3.05) is 11.9 Å². The average molecular weight is 288 g/mol. The minimum Gasteiger partial charge on any atom is -0.477 e. The number of nitrogens with zero attached hydrogens (tertiary/aromatic N) is 1. The van der Waals surface area contributed by atoms with Gasteiger partial charge in [0.2, 0.25) is 5.76 Å². The van der Waals surface area contributed by atoms with Crippen LogP contribution in [0.5, 0.6) is 5.75 Å². The molecule has 1 N–H and O–H groups in total. The van der Waals surface area contributed by atoms with Crippen molar-refractivity contribution >= 4 is 17.7 Å². The fourth-order valence-electron chi connectivity index (χ4n) is 1.90. The van der Waals surface area contributed by atoms with Gasteiger partial charge >= 0.3 is 5.97 Å². The molecule has 0 saturated carbocycles. The van der Waals surface area contributed by atoms with E-state index in [4.69, 9.17) is 13.9 Å². The maximum Gasteiger partial charge on any atom is 0.374 e. The van der Waals surface area contributed by atoms with Crippen LogP contribution in [0.1, 0.15) is 17.0 Å². The maximum atomic E-state index is 11.8. The number of carbonyl (C=O) groups excluding carboxylic acids is 2. The molecule has 1 amide bonds. The molecule has 7 heteroatoms. The van der Waals surface area contributed by atoms with E-state index in [1.165, 1.54) is 12.3 Å². The van der Waals surface area contributed by atoms with Gasteiger partial charge in [0.05, 0.1) is 12.9 Å². The van der Waals surface area contributed by atoms with Crippen molar-refractivity contribution in [2.45, 2.75) is 12.5 Å². The number of fused-ring (bicyclic) bond motifs is 1. The fourth-order valence-corrected chi connectivity index (χ4v) is 1.90. The van der Waals surface area contributed by atoms with Gasteiger partial charge in [0.15, 0.2) is 17.7 Å². The lowest BCUT2D eigenvalue weighted by Gasteiger charge is -2.24. The van der Waals surface area contributed by atoms with Crippen molar-refractivity contribution in [1.29, 1.82) is 0 Å². The van der Waals surface area contributed by atoms with Crippen LogP contribution >= 0.6 is 0 Å². The van der Waals surface area contributed by atoms with Gasteiger partial charge < -0.3 is 19.2 Å². The Kier molecular flexibility index (Phi) is 3.55. The van der Waals surface area contributed by atoms with Gasteiger partial charge in [0, 0.05) is 12.6 Å². The molecule has 2 aromatic heterocycles. The van der Waals surface area contributed by atoms with Crippen molar-refractivity contribution in [2.24, 2.45) is 0 Å². The average Bonchev–Trinajstić information content (AvgIpc) is 3.02. The Morgan fingerprint density at radius 2 is 2.29 bits per heavy atom. The number of pyridine rings is 1. The van der Waals surface area contributed by atoms with E-state index in [0.717, 1.165) is 0 Å². The van der Waals surface area contributed by atoms with Crippen molar-refractivity contribution in [3.63, 3.8) is 0 Å². The molecular weight excluding hydrogens is 276 g/mol. The second-order valence-corrected chi connectivity index (χ2v) is 4.35. The van der Waals surface area contributed by atoms with Gasteiger partial charge in [-0.2, -0.15) is 0 Å². The molecule has 0 unspecified atom stereocenters. The summed E-state index contributed by atoms with van der Waals surface area (Å²) in [5.74, 6) is 0.137. The molecule has 0 radical (unpaired) electrons. The third-order valence-corrected chi connectivity index (χ3v) is 2.91. The van der Waals surface area contributed by atoms with E-state index in [9.17, 15) is 9.59 Å². The Bertz CT molecular complexity index is 653. The van der Waals surface area contributed by atoms with Crippen LogP contribution in [0.2, 0.25) is 0 Å². The Balaban J connectivity index is 1.54. The molecular formula is C14H12N2O5. The highest BCUT2D eigenvalue weighted by Crippen LogP contribution is 2.27. The molecule has 7 nitrogen and oxygen atoms in total. The summed E-state index contributed by atoms with van der Waals surface area (Å²) in [5, 5.41) is 2.64. The van der Waals surface area contributed by atoms with E-state index in [2.05, 4.69) is 10.3 Å². The van der Waals surface area contributed by atoms with Crippen LogP contribution in [0.15, 0.2) is 41.1 Å². The van der Waals surface area contributed by atoms with Crippen LogP contribution in [0.25, 0.3) is 0 Å². The number of nitrogens with one attached hydrogen (secondary N) is 1. The second-order valence-electron chi connectivity index (χ2n) is 4.35.